The summed E-state index contributed by atoms with van der Waals surface area (Å²) in [5.74, 6) is -0.184. The third-order valence-corrected chi connectivity index (χ3v) is 6.39. The molecular formula is C24H21F3N2O3S. The summed E-state index contributed by atoms with van der Waals surface area (Å²) in [7, 11) is 0. The van der Waals surface area contributed by atoms with Crippen LogP contribution in [-0.2, 0) is 17.4 Å². The molecule has 0 aliphatic carbocycles. The van der Waals surface area contributed by atoms with Crippen LogP contribution in [0.3, 0.4) is 0 Å². The van der Waals surface area contributed by atoms with Crippen molar-refractivity contribution >= 4 is 27.4 Å². The zero-order valence-electron chi connectivity index (χ0n) is 17.9. The number of fused-ring (bicyclic) bond motifs is 1. The quantitative estimate of drug-likeness (QED) is 0.345. The van der Waals surface area contributed by atoms with E-state index in [-0.39, 0.29) is 12.3 Å². The Morgan fingerprint density at radius 2 is 1.94 bits per heavy atom. The van der Waals surface area contributed by atoms with Crippen molar-refractivity contribution < 1.29 is 27.8 Å². The van der Waals surface area contributed by atoms with Crippen LogP contribution < -0.4 is 4.74 Å². The molecule has 0 spiro atoms. The molecule has 2 aromatic heterocycles. The molecule has 0 radical (unpaired) electrons. The molecule has 172 valence electrons. The molecule has 5 nitrogen and oxygen atoms in total. The summed E-state index contributed by atoms with van der Waals surface area (Å²) in [4.78, 5) is 11.0. The Morgan fingerprint density at radius 1 is 1.21 bits per heavy atom. The van der Waals surface area contributed by atoms with E-state index in [1.807, 2.05) is 43.6 Å². The number of carboxylic acids is 1. The molecule has 4 rings (SSSR count). The lowest BCUT2D eigenvalue weighted by Crippen LogP contribution is -2.07. The number of hydrogen-bond donors (Lipinski definition) is 1. The number of carboxylic acid groups (broad SMARTS) is 1. The van der Waals surface area contributed by atoms with Crippen LogP contribution in [0.1, 0.15) is 35.2 Å². The smallest absolute Gasteiger partial charge is 0.416 e. The number of hydrogen-bond acceptors (Lipinski definition) is 4. The van der Waals surface area contributed by atoms with Gasteiger partial charge in [-0.25, -0.2) is 4.68 Å². The molecule has 9 heteroatoms. The molecule has 0 aliphatic rings. The van der Waals surface area contributed by atoms with Crippen LogP contribution in [0.25, 0.3) is 15.8 Å². The molecule has 0 fully saturated rings. The largest absolute Gasteiger partial charge is 0.493 e. The van der Waals surface area contributed by atoms with Gasteiger partial charge in [0, 0.05) is 16.8 Å². The average molecular weight is 475 g/mol. The zero-order valence-corrected chi connectivity index (χ0v) is 18.7. The molecule has 0 saturated heterocycles. The molecule has 33 heavy (non-hydrogen) atoms. The van der Waals surface area contributed by atoms with Gasteiger partial charge in [0.2, 0.25) is 0 Å². The van der Waals surface area contributed by atoms with E-state index in [0.29, 0.717) is 18.0 Å². The van der Waals surface area contributed by atoms with Gasteiger partial charge >= 0.3 is 12.1 Å². The van der Waals surface area contributed by atoms with Crippen LogP contribution in [0.2, 0.25) is 0 Å². The number of thiophene rings is 1. The third-order valence-electron chi connectivity index (χ3n) is 5.40. The SMILES string of the molecule is Cc1nn(-c2ccc(C(F)(F)F)cc2)cc1C(C)COc1ccc2c(CC(=O)O)csc2c1. The normalized spacial score (nSPS) is 12.8. The highest BCUT2D eigenvalue weighted by Gasteiger charge is 2.30. The van der Waals surface area contributed by atoms with E-state index in [1.54, 1.807) is 4.68 Å². The number of benzene rings is 2. The van der Waals surface area contributed by atoms with E-state index in [1.165, 1.54) is 23.5 Å². The number of aliphatic carboxylic acids is 1. The number of nitrogens with zero attached hydrogens (tertiary/aromatic N) is 2. The second-order valence-electron chi connectivity index (χ2n) is 7.86. The van der Waals surface area contributed by atoms with Gasteiger partial charge in [-0.05, 0) is 71.3 Å². The molecule has 1 atom stereocenters. The minimum absolute atomic E-state index is 0.00481. The topological polar surface area (TPSA) is 64.4 Å². The molecule has 1 unspecified atom stereocenters. The number of alkyl halides is 3. The van der Waals surface area contributed by atoms with E-state index in [0.717, 1.165) is 39.0 Å². The molecule has 2 heterocycles. The minimum Gasteiger partial charge on any atom is -0.493 e. The summed E-state index contributed by atoms with van der Waals surface area (Å²) in [6.07, 6.45) is -2.58. The number of aryl methyl sites for hydroxylation is 1. The molecule has 0 aliphatic heterocycles. The van der Waals surface area contributed by atoms with Crippen molar-refractivity contribution in [3.63, 3.8) is 0 Å². The predicted octanol–water partition coefficient (Wildman–Crippen LogP) is 6.22. The van der Waals surface area contributed by atoms with Crippen LogP contribution >= 0.6 is 11.3 Å². The van der Waals surface area contributed by atoms with Crippen molar-refractivity contribution in [1.82, 2.24) is 9.78 Å². The Morgan fingerprint density at radius 3 is 2.61 bits per heavy atom. The second kappa shape index (κ2) is 8.90. The van der Waals surface area contributed by atoms with E-state index in [2.05, 4.69) is 5.10 Å². The van der Waals surface area contributed by atoms with Gasteiger partial charge in [0.1, 0.15) is 5.75 Å². The summed E-state index contributed by atoms with van der Waals surface area (Å²) in [5.41, 5.74) is 2.35. The zero-order chi connectivity index (χ0) is 23.8. The van der Waals surface area contributed by atoms with Crippen LogP contribution in [0, 0.1) is 6.92 Å². The fourth-order valence-electron chi connectivity index (χ4n) is 3.66. The standard InChI is InChI=1S/C24H21F3N2O3S/c1-14(12-32-19-7-8-20-16(9-23(30)31)13-33-22(20)10-19)21-11-29(28-15(21)2)18-5-3-17(4-6-18)24(25,26)27/h3-8,10-11,13-14H,9,12H2,1-2H3,(H,30,31). The average Bonchev–Trinajstić information content (AvgIpc) is 3.34. The first kappa shape index (κ1) is 22.8. The van der Waals surface area contributed by atoms with Gasteiger partial charge < -0.3 is 9.84 Å². The molecule has 2 aromatic carbocycles. The number of rotatable bonds is 7. The first-order chi connectivity index (χ1) is 15.6. The predicted molar refractivity (Wildman–Crippen MR) is 120 cm³/mol. The Labute approximate surface area is 192 Å². The lowest BCUT2D eigenvalue weighted by atomic mass is 10.0. The van der Waals surface area contributed by atoms with Crippen molar-refractivity contribution in [2.24, 2.45) is 0 Å². The monoisotopic (exact) mass is 474 g/mol. The van der Waals surface area contributed by atoms with Gasteiger partial charge in [0.05, 0.1) is 30.0 Å². The van der Waals surface area contributed by atoms with E-state index < -0.39 is 17.7 Å². The van der Waals surface area contributed by atoms with Gasteiger partial charge in [-0.2, -0.15) is 18.3 Å². The van der Waals surface area contributed by atoms with Crippen LogP contribution in [0.4, 0.5) is 13.2 Å². The lowest BCUT2D eigenvalue weighted by Gasteiger charge is -2.13. The summed E-state index contributed by atoms with van der Waals surface area (Å²) in [6, 6.07) is 10.5. The molecule has 0 bridgehead atoms. The molecule has 0 amide bonds. The Hall–Kier alpha value is -3.33. The molecule has 1 N–H and O–H groups in total. The van der Waals surface area contributed by atoms with Crippen molar-refractivity contribution in [2.75, 3.05) is 6.61 Å². The van der Waals surface area contributed by atoms with Crippen LogP contribution in [0.15, 0.2) is 54.0 Å². The van der Waals surface area contributed by atoms with Gasteiger partial charge in [0.25, 0.3) is 0 Å². The first-order valence-electron chi connectivity index (χ1n) is 10.2. The number of carbonyl (C=O) groups is 1. The van der Waals surface area contributed by atoms with Crippen LogP contribution in [0.5, 0.6) is 5.75 Å². The van der Waals surface area contributed by atoms with Gasteiger partial charge in [0.15, 0.2) is 0 Å². The highest BCUT2D eigenvalue weighted by atomic mass is 32.1. The van der Waals surface area contributed by atoms with Crippen molar-refractivity contribution in [3.05, 3.63) is 76.4 Å². The van der Waals surface area contributed by atoms with E-state index in [4.69, 9.17) is 9.84 Å². The Kier molecular flexibility index (Phi) is 6.16. The summed E-state index contributed by atoms with van der Waals surface area (Å²) in [6.45, 7) is 4.24. The fraction of sp³-hybridized carbons (Fsp3) is 0.250. The van der Waals surface area contributed by atoms with Crippen LogP contribution in [-0.4, -0.2) is 27.5 Å². The summed E-state index contributed by atoms with van der Waals surface area (Å²) >= 11 is 1.48. The third kappa shape index (κ3) is 5.03. The van der Waals surface area contributed by atoms with Gasteiger partial charge in [-0.1, -0.05) is 6.92 Å². The fourth-order valence-corrected chi connectivity index (χ4v) is 4.65. The van der Waals surface area contributed by atoms with Crippen molar-refractivity contribution in [2.45, 2.75) is 32.4 Å². The molecule has 0 saturated carbocycles. The van der Waals surface area contributed by atoms with E-state index >= 15 is 0 Å². The van der Waals surface area contributed by atoms with E-state index in [9.17, 15) is 18.0 Å². The Bertz CT molecular complexity index is 1290. The summed E-state index contributed by atoms with van der Waals surface area (Å²) < 4.78 is 46.9. The maximum absolute atomic E-state index is 12.8. The Balaban J connectivity index is 1.45. The summed E-state index contributed by atoms with van der Waals surface area (Å²) in [5, 5.41) is 16.2. The maximum Gasteiger partial charge on any atom is 0.416 e. The first-order valence-corrected chi connectivity index (χ1v) is 11.1. The molecular weight excluding hydrogens is 453 g/mol. The van der Waals surface area contributed by atoms with Crippen molar-refractivity contribution in [1.29, 1.82) is 0 Å². The number of ether oxygens (including phenoxy) is 1. The number of halogens is 3. The maximum atomic E-state index is 12.8. The highest BCUT2D eigenvalue weighted by Crippen LogP contribution is 2.32. The highest BCUT2D eigenvalue weighted by molar-refractivity contribution is 7.17. The van der Waals surface area contributed by atoms with Gasteiger partial charge in [-0.15, -0.1) is 11.3 Å². The van der Waals surface area contributed by atoms with Crippen molar-refractivity contribution in [3.8, 4) is 11.4 Å². The van der Waals surface area contributed by atoms with Gasteiger partial charge in [-0.3, -0.25) is 4.79 Å². The molecule has 4 aromatic rings. The number of aromatic nitrogens is 2. The lowest BCUT2D eigenvalue weighted by molar-refractivity contribution is -0.138. The second-order valence-corrected chi connectivity index (χ2v) is 8.77. The minimum atomic E-state index is -4.38.